The largest absolute Gasteiger partial charge is 0.481 e. The first-order chi connectivity index (χ1) is 8.43. The molecule has 1 fully saturated rings. The van der Waals surface area contributed by atoms with Crippen molar-refractivity contribution in [1.29, 1.82) is 0 Å². The van der Waals surface area contributed by atoms with E-state index in [1.54, 1.807) is 13.8 Å². The van der Waals surface area contributed by atoms with Crippen LogP contribution in [0.2, 0.25) is 0 Å². The summed E-state index contributed by atoms with van der Waals surface area (Å²) in [7, 11) is 0. The molecule has 0 radical (unpaired) electrons. The molecule has 4 heteroatoms. The van der Waals surface area contributed by atoms with Gasteiger partial charge in [-0.25, -0.2) is 0 Å². The summed E-state index contributed by atoms with van der Waals surface area (Å²) in [5.74, 6) is -0.762. The summed E-state index contributed by atoms with van der Waals surface area (Å²) in [6.45, 7) is 3.47. The lowest BCUT2D eigenvalue weighted by molar-refractivity contribution is -0.146. The lowest BCUT2D eigenvalue weighted by Gasteiger charge is -2.23. The lowest BCUT2D eigenvalue weighted by Crippen LogP contribution is -2.41. The van der Waals surface area contributed by atoms with Crippen LogP contribution in [0.1, 0.15) is 58.8 Å². The van der Waals surface area contributed by atoms with Crippen molar-refractivity contribution in [2.24, 2.45) is 11.3 Å². The van der Waals surface area contributed by atoms with E-state index in [2.05, 4.69) is 5.32 Å². The maximum atomic E-state index is 12.0. The molecular weight excluding hydrogens is 230 g/mol. The molecule has 0 aromatic rings. The normalized spacial score (nSPS) is 18.8. The third kappa shape index (κ3) is 4.67. The summed E-state index contributed by atoms with van der Waals surface area (Å²) in [4.78, 5) is 23.0. The van der Waals surface area contributed by atoms with Gasteiger partial charge in [-0.1, -0.05) is 32.1 Å². The molecule has 104 valence electrons. The number of carbonyl (C=O) groups excluding carboxylic acids is 1. The third-order valence-corrected chi connectivity index (χ3v) is 3.76. The molecule has 1 saturated carbocycles. The second-order valence-electron chi connectivity index (χ2n) is 5.95. The average molecular weight is 255 g/mol. The van der Waals surface area contributed by atoms with Crippen molar-refractivity contribution >= 4 is 11.9 Å². The van der Waals surface area contributed by atoms with Gasteiger partial charge in [-0.15, -0.1) is 0 Å². The van der Waals surface area contributed by atoms with Crippen molar-refractivity contribution in [1.82, 2.24) is 5.32 Å². The maximum Gasteiger partial charge on any atom is 0.310 e. The fourth-order valence-corrected chi connectivity index (χ4v) is 2.25. The highest BCUT2D eigenvalue weighted by Crippen LogP contribution is 2.23. The van der Waals surface area contributed by atoms with Crippen molar-refractivity contribution in [3.05, 3.63) is 0 Å². The highest BCUT2D eigenvalue weighted by atomic mass is 16.4. The van der Waals surface area contributed by atoms with Gasteiger partial charge >= 0.3 is 5.97 Å². The first kappa shape index (κ1) is 15.0. The molecule has 1 amide bonds. The van der Waals surface area contributed by atoms with Gasteiger partial charge in [-0.05, 0) is 26.7 Å². The molecule has 0 aromatic carbocycles. The fraction of sp³-hybridized carbons (Fsp3) is 0.857. The molecule has 1 rings (SSSR count). The van der Waals surface area contributed by atoms with Crippen LogP contribution in [-0.4, -0.2) is 23.5 Å². The van der Waals surface area contributed by atoms with Crippen molar-refractivity contribution in [3.63, 3.8) is 0 Å². The van der Waals surface area contributed by atoms with E-state index in [0.29, 0.717) is 0 Å². The minimum absolute atomic E-state index is 0.0335. The summed E-state index contributed by atoms with van der Waals surface area (Å²) in [5, 5.41) is 11.8. The fourth-order valence-electron chi connectivity index (χ4n) is 2.25. The minimum Gasteiger partial charge on any atom is -0.481 e. The Labute approximate surface area is 109 Å². The molecule has 0 aliphatic heterocycles. The van der Waals surface area contributed by atoms with E-state index in [1.807, 2.05) is 0 Å². The summed E-state index contributed by atoms with van der Waals surface area (Å²) in [6, 6.07) is 0. The number of nitrogens with one attached hydrogen (secondary N) is 1. The first-order valence-corrected chi connectivity index (χ1v) is 6.94. The van der Waals surface area contributed by atoms with Crippen LogP contribution in [-0.2, 0) is 9.59 Å². The molecule has 0 spiro atoms. The predicted octanol–water partition coefficient (Wildman–Crippen LogP) is 2.57. The van der Waals surface area contributed by atoms with Gasteiger partial charge in [0.2, 0.25) is 5.91 Å². The van der Waals surface area contributed by atoms with E-state index in [-0.39, 0.29) is 18.4 Å². The monoisotopic (exact) mass is 255 g/mol. The zero-order valence-corrected chi connectivity index (χ0v) is 11.5. The van der Waals surface area contributed by atoms with Crippen molar-refractivity contribution < 1.29 is 14.7 Å². The van der Waals surface area contributed by atoms with Gasteiger partial charge in [0.25, 0.3) is 0 Å². The Morgan fingerprint density at radius 1 is 1.11 bits per heavy atom. The van der Waals surface area contributed by atoms with Gasteiger partial charge in [-0.2, -0.15) is 0 Å². The smallest absolute Gasteiger partial charge is 0.310 e. The minimum atomic E-state index is -0.892. The van der Waals surface area contributed by atoms with Crippen LogP contribution < -0.4 is 5.32 Å². The van der Waals surface area contributed by atoms with E-state index in [0.717, 1.165) is 25.7 Å². The molecule has 2 N–H and O–H groups in total. The van der Waals surface area contributed by atoms with E-state index >= 15 is 0 Å². The molecule has 18 heavy (non-hydrogen) atoms. The molecular formula is C14H25NO3. The van der Waals surface area contributed by atoms with Crippen LogP contribution in [0.3, 0.4) is 0 Å². The average Bonchev–Trinajstić information content (AvgIpc) is 2.25. The number of carbonyl (C=O) groups is 2. The quantitative estimate of drug-likeness (QED) is 0.811. The highest BCUT2D eigenvalue weighted by Gasteiger charge is 2.29. The summed E-state index contributed by atoms with van der Waals surface area (Å²) < 4.78 is 0. The number of aliphatic carboxylic acids is 1. The Balaban J connectivity index is 2.41. The van der Waals surface area contributed by atoms with Crippen molar-refractivity contribution in [2.75, 3.05) is 6.54 Å². The molecule has 4 nitrogen and oxygen atoms in total. The van der Waals surface area contributed by atoms with Crippen molar-refractivity contribution in [3.8, 4) is 0 Å². The van der Waals surface area contributed by atoms with Crippen LogP contribution in [0.5, 0.6) is 0 Å². The van der Waals surface area contributed by atoms with Gasteiger partial charge in [0.15, 0.2) is 0 Å². The molecule has 0 heterocycles. The van der Waals surface area contributed by atoms with Gasteiger partial charge in [0.1, 0.15) is 0 Å². The Morgan fingerprint density at radius 2 is 1.61 bits per heavy atom. The second-order valence-corrected chi connectivity index (χ2v) is 5.95. The lowest BCUT2D eigenvalue weighted by atomic mass is 9.89. The summed E-state index contributed by atoms with van der Waals surface area (Å²) in [5.41, 5.74) is -0.892. The zero-order valence-electron chi connectivity index (χ0n) is 11.5. The van der Waals surface area contributed by atoms with E-state index in [4.69, 9.17) is 5.11 Å². The molecule has 0 aromatic heterocycles. The standard InChI is InChI=1S/C14H25NO3/c1-14(2,13(17)18)10-15-12(16)11-8-6-4-3-5-7-9-11/h11H,3-10H2,1-2H3,(H,15,16)(H,17,18). The maximum absolute atomic E-state index is 12.0. The van der Waals surface area contributed by atoms with Crippen LogP contribution in [0.25, 0.3) is 0 Å². The molecule has 1 aliphatic rings. The van der Waals surface area contributed by atoms with Crippen LogP contribution >= 0.6 is 0 Å². The van der Waals surface area contributed by atoms with E-state index < -0.39 is 11.4 Å². The SMILES string of the molecule is CC(C)(CNC(=O)C1CCCCCCC1)C(=O)O. The molecule has 0 unspecified atom stereocenters. The highest BCUT2D eigenvalue weighted by molar-refractivity contribution is 5.80. The van der Waals surface area contributed by atoms with Crippen LogP contribution in [0.15, 0.2) is 0 Å². The van der Waals surface area contributed by atoms with Crippen LogP contribution in [0.4, 0.5) is 0 Å². The van der Waals surface area contributed by atoms with Gasteiger partial charge in [0.05, 0.1) is 5.41 Å². The zero-order chi connectivity index (χ0) is 13.6. The second kappa shape index (κ2) is 6.76. The number of amides is 1. The number of hydrogen-bond donors (Lipinski definition) is 2. The van der Waals surface area contributed by atoms with Gasteiger partial charge < -0.3 is 10.4 Å². The van der Waals surface area contributed by atoms with Crippen molar-refractivity contribution in [2.45, 2.75) is 58.8 Å². The molecule has 0 bridgehead atoms. The Hall–Kier alpha value is -1.06. The number of rotatable bonds is 4. The predicted molar refractivity (Wildman–Crippen MR) is 70.2 cm³/mol. The van der Waals surface area contributed by atoms with Crippen LogP contribution in [0, 0.1) is 11.3 Å². The number of hydrogen-bond acceptors (Lipinski definition) is 2. The topological polar surface area (TPSA) is 66.4 Å². The van der Waals surface area contributed by atoms with Gasteiger partial charge in [0, 0.05) is 12.5 Å². The Morgan fingerprint density at radius 3 is 2.11 bits per heavy atom. The molecule has 0 saturated heterocycles. The number of carboxylic acid groups (broad SMARTS) is 1. The Kier molecular flexibility index (Phi) is 5.63. The van der Waals surface area contributed by atoms with E-state index in [9.17, 15) is 9.59 Å². The third-order valence-electron chi connectivity index (χ3n) is 3.76. The first-order valence-electron chi connectivity index (χ1n) is 6.94. The summed E-state index contributed by atoms with van der Waals surface area (Å²) in [6.07, 6.45) is 7.81. The van der Waals surface area contributed by atoms with E-state index in [1.165, 1.54) is 19.3 Å². The van der Waals surface area contributed by atoms with Gasteiger partial charge in [-0.3, -0.25) is 9.59 Å². The molecule has 0 atom stereocenters. The number of carboxylic acids is 1. The Bertz CT molecular complexity index is 291. The summed E-state index contributed by atoms with van der Waals surface area (Å²) >= 11 is 0. The molecule has 1 aliphatic carbocycles.